The van der Waals surface area contributed by atoms with Crippen molar-refractivity contribution in [3.05, 3.63) is 92.3 Å². The normalized spacial score (nSPS) is 11.8. The molecule has 9 nitrogen and oxygen atoms in total. The first kappa shape index (κ1) is 27.0. The first-order valence-electron chi connectivity index (χ1n) is 11.4. The minimum Gasteiger partial charge on any atom is -0.495 e. The lowest BCUT2D eigenvalue weighted by molar-refractivity contribution is -0.121. The second-order valence-electron chi connectivity index (χ2n) is 8.39. The molecule has 1 atom stereocenters. The number of aromatic nitrogens is 4. The average molecular weight is 558 g/mol. The molecule has 1 unspecified atom stereocenters. The highest BCUT2D eigenvalue weighted by molar-refractivity contribution is 6.31. The molecule has 0 saturated carbocycles. The zero-order valence-corrected chi connectivity index (χ0v) is 21.8. The third kappa shape index (κ3) is 5.46. The van der Waals surface area contributed by atoms with E-state index in [-0.39, 0.29) is 22.9 Å². The molecule has 0 bridgehead atoms. The quantitative estimate of drug-likeness (QED) is 0.325. The zero-order valence-electron chi connectivity index (χ0n) is 20.3. The van der Waals surface area contributed by atoms with Crippen LogP contribution in [0.4, 0.5) is 4.39 Å². The molecule has 4 rings (SSSR count). The Morgan fingerprint density at radius 3 is 2.47 bits per heavy atom. The number of amides is 1. The fourth-order valence-electron chi connectivity index (χ4n) is 4.20. The van der Waals surface area contributed by atoms with E-state index in [4.69, 9.17) is 33.7 Å². The van der Waals surface area contributed by atoms with E-state index in [0.29, 0.717) is 39.6 Å². The van der Waals surface area contributed by atoms with Gasteiger partial charge in [0, 0.05) is 28.6 Å². The molecule has 1 amide bonds. The molecule has 4 aromatic rings. The summed E-state index contributed by atoms with van der Waals surface area (Å²) in [5.41, 5.74) is 6.27. The van der Waals surface area contributed by atoms with E-state index < -0.39 is 23.3 Å². The Kier molecular flexibility index (Phi) is 7.94. The van der Waals surface area contributed by atoms with Crippen molar-refractivity contribution in [1.29, 1.82) is 0 Å². The number of halogens is 3. The van der Waals surface area contributed by atoms with E-state index in [1.807, 2.05) is 0 Å². The van der Waals surface area contributed by atoms with Gasteiger partial charge in [0.15, 0.2) is 10.9 Å². The zero-order chi connectivity index (χ0) is 27.6. The number of nitrogens with two attached hydrogens (primary N) is 1. The summed E-state index contributed by atoms with van der Waals surface area (Å²) in [6.45, 7) is 1.76. The number of hydrogen-bond acceptors (Lipinski definition) is 6. The van der Waals surface area contributed by atoms with E-state index >= 15 is 0 Å². The molecular weight excluding hydrogens is 536 g/mol. The number of methoxy groups -OCH3 is 1. The van der Waals surface area contributed by atoms with Crippen molar-refractivity contribution in [3.8, 4) is 22.6 Å². The number of pyridine rings is 1. The van der Waals surface area contributed by atoms with Crippen molar-refractivity contribution in [2.24, 2.45) is 5.73 Å². The van der Waals surface area contributed by atoms with E-state index in [2.05, 4.69) is 10.3 Å². The van der Waals surface area contributed by atoms with Gasteiger partial charge in [0.05, 0.1) is 36.8 Å². The Hall–Kier alpha value is -4.02. The van der Waals surface area contributed by atoms with Crippen LogP contribution in [0.1, 0.15) is 35.3 Å². The number of carbonyl (C=O) groups excluding carboxylic acids is 2. The highest BCUT2D eigenvalue weighted by atomic mass is 35.5. The number of hydrogen-bond donors (Lipinski definition) is 1. The fourth-order valence-corrected chi connectivity index (χ4v) is 4.50. The van der Waals surface area contributed by atoms with E-state index in [1.54, 1.807) is 25.1 Å². The number of ketones is 1. The predicted molar refractivity (Wildman–Crippen MR) is 141 cm³/mol. The Morgan fingerprint density at radius 2 is 1.87 bits per heavy atom. The number of rotatable bonds is 9. The van der Waals surface area contributed by atoms with Crippen molar-refractivity contribution in [2.45, 2.75) is 25.8 Å². The van der Waals surface area contributed by atoms with E-state index in [1.165, 1.54) is 47.0 Å². The highest BCUT2D eigenvalue weighted by Gasteiger charge is 2.24. The lowest BCUT2D eigenvalue weighted by Crippen LogP contribution is -2.30. The fraction of sp³-hybridized carbons (Fsp3) is 0.192. The largest absolute Gasteiger partial charge is 0.495 e. The van der Waals surface area contributed by atoms with Crippen LogP contribution in [0.15, 0.2) is 59.7 Å². The van der Waals surface area contributed by atoms with Crippen LogP contribution < -0.4 is 16.0 Å². The summed E-state index contributed by atoms with van der Waals surface area (Å²) in [5.74, 6) is -1.73. The average Bonchev–Trinajstić information content (AvgIpc) is 3.30. The van der Waals surface area contributed by atoms with Crippen molar-refractivity contribution in [3.63, 3.8) is 0 Å². The van der Waals surface area contributed by atoms with Gasteiger partial charge in [-0.25, -0.2) is 9.07 Å². The summed E-state index contributed by atoms with van der Waals surface area (Å²) in [6.07, 6.45) is 3.10. The summed E-state index contributed by atoms with van der Waals surface area (Å²) >= 11 is 12.2. The maximum atomic E-state index is 14.2. The molecule has 2 aromatic heterocycles. The predicted octanol–water partition coefficient (Wildman–Crippen LogP) is 4.41. The molecule has 38 heavy (non-hydrogen) atoms. The van der Waals surface area contributed by atoms with Gasteiger partial charge in [0.25, 0.3) is 11.5 Å². The van der Waals surface area contributed by atoms with Gasteiger partial charge < -0.3 is 15.0 Å². The summed E-state index contributed by atoms with van der Waals surface area (Å²) in [6, 6.07) is 9.30. The van der Waals surface area contributed by atoms with Gasteiger partial charge in [-0.05, 0) is 42.3 Å². The minimum atomic E-state index is -0.902. The van der Waals surface area contributed by atoms with Crippen LogP contribution in [-0.2, 0) is 11.2 Å². The SMILES string of the molecule is CCC(C(=O)Cc1ccc(C(N)=O)c(F)c1)n1cc(OC)c(-c2cc(Cl)ccc2-n2cc(Cl)nn2)cc1=O. The molecule has 0 saturated heterocycles. The second kappa shape index (κ2) is 11.2. The number of benzene rings is 2. The van der Waals surface area contributed by atoms with Crippen LogP contribution in [0.25, 0.3) is 16.8 Å². The first-order chi connectivity index (χ1) is 18.1. The third-order valence-corrected chi connectivity index (χ3v) is 6.40. The third-order valence-electron chi connectivity index (χ3n) is 6.00. The highest BCUT2D eigenvalue weighted by Crippen LogP contribution is 2.35. The van der Waals surface area contributed by atoms with Gasteiger partial charge in [-0.1, -0.05) is 41.4 Å². The van der Waals surface area contributed by atoms with Gasteiger partial charge in [-0.2, -0.15) is 0 Å². The molecule has 0 spiro atoms. The molecule has 12 heteroatoms. The molecule has 0 aliphatic carbocycles. The van der Waals surface area contributed by atoms with Gasteiger partial charge in [0.1, 0.15) is 11.6 Å². The van der Waals surface area contributed by atoms with Crippen molar-refractivity contribution in [1.82, 2.24) is 19.6 Å². The van der Waals surface area contributed by atoms with Crippen LogP contribution in [0.3, 0.4) is 0 Å². The van der Waals surface area contributed by atoms with Crippen LogP contribution in [0.2, 0.25) is 10.2 Å². The van der Waals surface area contributed by atoms with Gasteiger partial charge in [-0.15, -0.1) is 5.10 Å². The Bertz CT molecular complexity index is 1600. The number of Topliss-reactive ketones (excluding diaryl/α,β-unsaturated/α-hetero) is 1. The Balaban J connectivity index is 1.73. The minimum absolute atomic E-state index is 0.156. The molecule has 0 aliphatic heterocycles. The molecule has 0 fully saturated rings. The summed E-state index contributed by atoms with van der Waals surface area (Å²) in [5, 5.41) is 8.39. The molecule has 2 aromatic carbocycles. The van der Waals surface area contributed by atoms with Crippen LogP contribution in [0, 0.1) is 5.82 Å². The molecule has 2 heterocycles. The second-order valence-corrected chi connectivity index (χ2v) is 9.22. The summed E-state index contributed by atoms with van der Waals surface area (Å²) in [7, 11) is 1.44. The molecule has 196 valence electrons. The lowest BCUT2D eigenvalue weighted by atomic mass is 9.99. The summed E-state index contributed by atoms with van der Waals surface area (Å²) in [4.78, 5) is 37.8. The first-order valence-corrected chi connectivity index (χ1v) is 12.2. The Morgan fingerprint density at radius 1 is 1.11 bits per heavy atom. The number of ether oxygens (including phenoxy) is 1. The van der Waals surface area contributed by atoms with E-state index in [9.17, 15) is 18.8 Å². The molecule has 2 N–H and O–H groups in total. The monoisotopic (exact) mass is 557 g/mol. The number of nitrogens with zero attached hydrogens (tertiary/aromatic N) is 4. The molecular formula is C26H22Cl2FN5O4. The maximum Gasteiger partial charge on any atom is 0.252 e. The van der Waals surface area contributed by atoms with Gasteiger partial charge >= 0.3 is 0 Å². The van der Waals surface area contributed by atoms with Gasteiger partial charge in [0.2, 0.25) is 0 Å². The molecule has 0 radical (unpaired) electrons. The number of carbonyl (C=O) groups is 2. The lowest BCUT2D eigenvalue weighted by Gasteiger charge is -2.20. The topological polar surface area (TPSA) is 122 Å². The van der Waals surface area contributed by atoms with Crippen LogP contribution in [0.5, 0.6) is 5.75 Å². The van der Waals surface area contributed by atoms with E-state index in [0.717, 1.165) is 6.07 Å². The standard InChI is InChI=1S/C26H22Cl2FN5O4/c1-3-20(22(35)9-14-4-6-16(26(30)37)19(29)8-14)33-12-23(38-2)18(11-25(33)36)17-10-15(27)5-7-21(17)34-13-24(28)31-32-34/h4-8,10-13,20H,3,9H2,1-2H3,(H2,30,37). The smallest absolute Gasteiger partial charge is 0.252 e. The van der Waals surface area contributed by atoms with Crippen LogP contribution in [-0.4, -0.2) is 38.4 Å². The van der Waals surface area contributed by atoms with Crippen molar-refractivity contribution < 1.29 is 18.7 Å². The van der Waals surface area contributed by atoms with Gasteiger partial charge in [-0.3, -0.25) is 14.4 Å². The molecule has 0 aliphatic rings. The maximum absolute atomic E-state index is 14.2. The van der Waals surface area contributed by atoms with Crippen LogP contribution >= 0.6 is 23.2 Å². The summed E-state index contributed by atoms with van der Waals surface area (Å²) < 4.78 is 22.5. The number of primary amides is 1. The van der Waals surface area contributed by atoms with Crippen molar-refractivity contribution in [2.75, 3.05) is 7.11 Å². The van der Waals surface area contributed by atoms with Crippen molar-refractivity contribution >= 4 is 34.9 Å². The Labute approximate surface area is 226 Å².